The number of amides is 2. The SMILES string of the molecule is CCC1CCC2(CC1)N=C(c1cc(Cl)ccc1F)C(=O)N2[C@H](C)c1ccc(C(=O)NCCC(=O)O)cc1. The molecule has 7 nitrogen and oxygen atoms in total. The normalized spacial score (nSPS) is 22.2. The largest absolute Gasteiger partial charge is 0.481 e. The zero-order valence-electron chi connectivity index (χ0n) is 21.0. The molecule has 1 atom stereocenters. The number of aliphatic carboxylic acids is 1. The molecule has 0 saturated heterocycles. The first kappa shape index (κ1) is 26.8. The Hall–Kier alpha value is -3.26. The predicted octanol–water partition coefficient (Wildman–Crippen LogP) is 5.37. The van der Waals surface area contributed by atoms with Crippen LogP contribution in [0.25, 0.3) is 0 Å². The van der Waals surface area contributed by atoms with Gasteiger partial charge in [0.2, 0.25) is 0 Å². The van der Waals surface area contributed by atoms with E-state index >= 15 is 0 Å². The minimum Gasteiger partial charge on any atom is -0.481 e. The molecule has 9 heteroatoms. The summed E-state index contributed by atoms with van der Waals surface area (Å²) >= 11 is 6.13. The maximum absolute atomic E-state index is 14.8. The second-order valence-corrected chi connectivity index (χ2v) is 10.2. The third-order valence-electron chi connectivity index (χ3n) is 7.52. The standard InChI is InChI=1S/C28H31ClFN3O4/c1-3-18-10-13-28(14-11-18)32-25(22-16-21(29)8-9-23(22)30)27(37)33(28)17(2)19-4-6-20(7-5-19)26(36)31-15-12-24(34)35/h4-9,16-18H,3,10-15H2,1-2H3,(H,31,36)(H,34,35)/t17-,18?,28?/m1/s1. The lowest BCUT2D eigenvalue weighted by Gasteiger charge is -2.44. The minimum absolute atomic E-state index is 0.0378. The molecule has 1 fully saturated rings. The third-order valence-corrected chi connectivity index (χ3v) is 7.76. The number of halogens is 2. The number of carboxylic acid groups (broad SMARTS) is 1. The Morgan fingerprint density at radius 2 is 1.89 bits per heavy atom. The van der Waals surface area contributed by atoms with Crippen LogP contribution in [0.5, 0.6) is 0 Å². The summed E-state index contributed by atoms with van der Waals surface area (Å²) in [6.45, 7) is 4.12. The molecule has 37 heavy (non-hydrogen) atoms. The Morgan fingerprint density at radius 1 is 1.22 bits per heavy atom. The summed E-state index contributed by atoms with van der Waals surface area (Å²) in [6.07, 6.45) is 4.15. The Kier molecular flexibility index (Phi) is 7.97. The highest BCUT2D eigenvalue weighted by Gasteiger charge is 2.51. The van der Waals surface area contributed by atoms with E-state index in [1.807, 2.05) is 6.92 Å². The molecule has 2 aliphatic rings. The van der Waals surface area contributed by atoms with Crippen molar-refractivity contribution in [3.05, 3.63) is 70.0 Å². The Balaban J connectivity index is 1.62. The van der Waals surface area contributed by atoms with Crippen molar-refractivity contribution < 1.29 is 23.9 Å². The van der Waals surface area contributed by atoms with E-state index in [1.54, 1.807) is 29.2 Å². The van der Waals surface area contributed by atoms with Crippen molar-refractivity contribution in [3.8, 4) is 0 Å². The van der Waals surface area contributed by atoms with E-state index in [9.17, 15) is 18.8 Å². The van der Waals surface area contributed by atoms with Crippen molar-refractivity contribution in [2.75, 3.05) is 6.54 Å². The van der Waals surface area contributed by atoms with Gasteiger partial charge in [0, 0.05) is 22.7 Å². The van der Waals surface area contributed by atoms with Gasteiger partial charge in [-0.15, -0.1) is 0 Å². The van der Waals surface area contributed by atoms with Gasteiger partial charge in [-0.25, -0.2) is 4.39 Å². The highest BCUT2D eigenvalue weighted by atomic mass is 35.5. The van der Waals surface area contributed by atoms with E-state index in [1.165, 1.54) is 18.2 Å². The minimum atomic E-state index is -0.985. The molecule has 0 aromatic heterocycles. The van der Waals surface area contributed by atoms with Gasteiger partial charge in [0.1, 0.15) is 17.2 Å². The van der Waals surface area contributed by atoms with Gasteiger partial charge >= 0.3 is 5.97 Å². The number of hydrogen-bond acceptors (Lipinski definition) is 4. The number of carbonyl (C=O) groups is 3. The average molecular weight is 528 g/mol. The van der Waals surface area contributed by atoms with Crippen molar-refractivity contribution in [1.29, 1.82) is 0 Å². The molecule has 2 aromatic carbocycles. The van der Waals surface area contributed by atoms with Gasteiger partial charge in [-0.3, -0.25) is 19.4 Å². The molecule has 2 aromatic rings. The number of benzene rings is 2. The van der Waals surface area contributed by atoms with Crippen LogP contribution in [0.4, 0.5) is 4.39 Å². The molecule has 0 radical (unpaired) electrons. The topological polar surface area (TPSA) is 99.1 Å². The van der Waals surface area contributed by atoms with E-state index < -0.39 is 17.4 Å². The molecule has 0 unspecified atom stereocenters. The fourth-order valence-corrected chi connectivity index (χ4v) is 5.52. The van der Waals surface area contributed by atoms with Crippen molar-refractivity contribution in [3.63, 3.8) is 0 Å². The monoisotopic (exact) mass is 527 g/mol. The Labute approximate surface area is 220 Å². The summed E-state index contributed by atoms with van der Waals surface area (Å²) < 4.78 is 14.8. The lowest BCUT2D eigenvalue weighted by atomic mass is 9.79. The molecular formula is C28H31ClFN3O4. The molecular weight excluding hydrogens is 497 g/mol. The smallest absolute Gasteiger partial charge is 0.305 e. The third kappa shape index (κ3) is 5.54. The van der Waals surface area contributed by atoms with E-state index in [0.29, 0.717) is 29.3 Å². The van der Waals surface area contributed by atoms with Crippen molar-refractivity contribution in [2.24, 2.45) is 10.9 Å². The van der Waals surface area contributed by atoms with Crippen LogP contribution in [0.2, 0.25) is 5.02 Å². The van der Waals surface area contributed by atoms with Crippen LogP contribution in [0.3, 0.4) is 0 Å². The Bertz CT molecular complexity index is 1220. The second-order valence-electron chi connectivity index (χ2n) is 9.79. The first-order valence-electron chi connectivity index (χ1n) is 12.6. The highest BCUT2D eigenvalue weighted by molar-refractivity contribution is 6.47. The van der Waals surface area contributed by atoms with E-state index in [4.69, 9.17) is 21.7 Å². The quantitative estimate of drug-likeness (QED) is 0.482. The zero-order chi connectivity index (χ0) is 26.7. The molecule has 1 aliphatic carbocycles. The zero-order valence-corrected chi connectivity index (χ0v) is 21.7. The molecule has 2 N–H and O–H groups in total. The van der Waals surface area contributed by atoms with Gasteiger partial charge in [0.05, 0.1) is 12.5 Å². The fourth-order valence-electron chi connectivity index (χ4n) is 5.35. The number of hydrogen-bond donors (Lipinski definition) is 2. The van der Waals surface area contributed by atoms with E-state index in [-0.39, 0.29) is 42.1 Å². The fraction of sp³-hybridized carbons (Fsp3) is 0.429. The van der Waals surface area contributed by atoms with Crippen LogP contribution < -0.4 is 5.32 Å². The molecule has 1 saturated carbocycles. The summed E-state index contributed by atoms with van der Waals surface area (Å²) in [5, 5.41) is 11.7. The summed E-state index contributed by atoms with van der Waals surface area (Å²) in [6, 6.07) is 10.6. The van der Waals surface area contributed by atoms with Gasteiger partial charge in [-0.2, -0.15) is 0 Å². The summed E-state index contributed by atoms with van der Waals surface area (Å²) in [5.41, 5.74) is 0.647. The molecule has 4 rings (SSSR count). The van der Waals surface area contributed by atoms with Crippen LogP contribution in [-0.4, -0.2) is 45.7 Å². The summed E-state index contributed by atoms with van der Waals surface area (Å²) in [7, 11) is 0. The number of carbonyl (C=O) groups excluding carboxylic acids is 2. The van der Waals surface area contributed by atoms with Crippen LogP contribution >= 0.6 is 11.6 Å². The molecule has 1 aliphatic heterocycles. The van der Waals surface area contributed by atoms with Crippen molar-refractivity contribution in [2.45, 2.75) is 64.1 Å². The predicted molar refractivity (Wildman–Crippen MR) is 139 cm³/mol. The molecule has 1 heterocycles. The van der Waals surface area contributed by atoms with Crippen LogP contribution in [0.15, 0.2) is 47.5 Å². The van der Waals surface area contributed by atoms with Gasteiger partial charge in [-0.05, 0) is 74.4 Å². The van der Waals surface area contributed by atoms with Crippen LogP contribution in [0, 0.1) is 11.7 Å². The highest BCUT2D eigenvalue weighted by Crippen LogP contribution is 2.46. The van der Waals surface area contributed by atoms with Crippen molar-refractivity contribution in [1.82, 2.24) is 10.2 Å². The maximum Gasteiger partial charge on any atom is 0.305 e. The first-order chi connectivity index (χ1) is 17.6. The number of carboxylic acids is 1. The van der Waals surface area contributed by atoms with Crippen LogP contribution in [0.1, 0.15) is 79.9 Å². The number of rotatable bonds is 8. The number of nitrogens with one attached hydrogen (secondary N) is 1. The van der Waals surface area contributed by atoms with Gasteiger partial charge < -0.3 is 15.3 Å². The number of nitrogens with zero attached hydrogens (tertiary/aromatic N) is 2. The van der Waals surface area contributed by atoms with Gasteiger partial charge in [-0.1, -0.05) is 37.1 Å². The summed E-state index contributed by atoms with van der Waals surface area (Å²) in [5.74, 6) is -1.66. The average Bonchev–Trinajstić information content (AvgIpc) is 3.16. The Morgan fingerprint density at radius 3 is 2.51 bits per heavy atom. The molecule has 2 amide bonds. The second kappa shape index (κ2) is 11.0. The summed E-state index contributed by atoms with van der Waals surface area (Å²) in [4.78, 5) is 43.5. The maximum atomic E-state index is 14.8. The lowest BCUT2D eigenvalue weighted by molar-refractivity contribution is -0.137. The van der Waals surface area contributed by atoms with Crippen molar-refractivity contribution >= 4 is 35.1 Å². The molecule has 0 bridgehead atoms. The number of aliphatic imine (C=N–C) groups is 1. The van der Waals surface area contributed by atoms with E-state index in [0.717, 1.165) is 24.8 Å². The lowest BCUT2D eigenvalue weighted by Crippen LogP contribution is -2.50. The molecule has 1 spiro atoms. The first-order valence-corrected chi connectivity index (χ1v) is 13.0. The van der Waals surface area contributed by atoms with Gasteiger partial charge in [0.15, 0.2) is 0 Å². The molecule has 196 valence electrons. The van der Waals surface area contributed by atoms with Crippen LogP contribution in [-0.2, 0) is 9.59 Å². The van der Waals surface area contributed by atoms with E-state index in [2.05, 4.69) is 12.2 Å². The van der Waals surface area contributed by atoms with Gasteiger partial charge in [0.25, 0.3) is 11.8 Å².